The van der Waals surface area contributed by atoms with Gasteiger partial charge in [0.2, 0.25) is 0 Å². The van der Waals surface area contributed by atoms with E-state index in [1.807, 2.05) is 26.8 Å². The third-order valence-electron chi connectivity index (χ3n) is 4.35. The van der Waals surface area contributed by atoms with Crippen molar-refractivity contribution in [3.05, 3.63) is 35.2 Å². The Morgan fingerprint density at radius 1 is 1.15 bits per heavy atom. The van der Waals surface area contributed by atoms with E-state index in [9.17, 15) is 28.7 Å². The Morgan fingerprint density at radius 2 is 1.74 bits per heavy atom. The molecule has 154 valence electrons. The number of hydrogen-bond donors (Lipinski definition) is 0. The SMILES string of the molecule is CCC(Cc1cn(CC=C(C)CCC=C(C)C)nn1)(P(=O)([O-])[O-])P(=O)([O-])[O-]. The molecule has 0 unspecified atom stereocenters. The van der Waals surface area contributed by atoms with Crippen LogP contribution in [0.3, 0.4) is 0 Å². The second-order valence-electron chi connectivity index (χ2n) is 6.81. The van der Waals surface area contributed by atoms with Gasteiger partial charge in [0.1, 0.15) is 0 Å². The standard InChI is InChI=1S/C16H29N3O6P2/c1-5-16(26(20,21)22,27(23,24)25)11-15-12-19(18-17-15)10-9-14(4)8-6-7-13(2)3/h7,9,12H,5-6,8,10-11H2,1-4H3,(H2,20,21,22)(H2,23,24,25)/p-4. The van der Waals surface area contributed by atoms with Crippen molar-refractivity contribution in [1.29, 1.82) is 0 Å². The minimum absolute atomic E-state index is 0.0358. The molecule has 0 N–H and O–H groups in total. The van der Waals surface area contributed by atoms with Gasteiger partial charge in [-0.2, -0.15) is 0 Å². The second-order valence-corrected chi connectivity index (χ2v) is 10.9. The summed E-state index contributed by atoms with van der Waals surface area (Å²) in [7, 11) is -11.4. The molecule has 0 amide bonds. The van der Waals surface area contributed by atoms with Gasteiger partial charge >= 0.3 is 0 Å². The Morgan fingerprint density at radius 3 is 2.22 bits per heavy atom. The van der Waals surface area contributed by atoms with Crippen LogP contribution < -0.4 is 19.6 Å². The normalized spacial score (nSPS) is 13.7. The van der Waals surface area contributed by atoms with Gasteiger partial charge in [0.15, 0.2) is 0 Å². The van der Waals surface area contributed by atoms with E-state index < -0.39 is 32.9 Å². The lowest BCUT2D eigenvalue weighted by Gasteiger charge is -2.59. The Balaban J connectivity index is 2.91. The number of allylic oxidation sites excluding steroid dienone is 4. The highest BCUT2D eigenvalue weighted by Crippen LogP contribution is 2.63. The molecule has 1 aromatic rings. The van der Waals surface area contributed by atoms with E-state index in [1.54, 1.807) is 0 Å². The average molecular weight is 417 g/mol. The molecule has 0 radical (unpaired) electrons. The first-order valence-electron chi connectivity index (χ1n) is 8.54. The number of aromatic nitrogens is 3. The minimum atomic E-state index is -5.72. The largest absolute Gasteiger partial charge is 0.810 e. The number of hydrogen-bond acceptors (Lipinski definition) is 8. The molecular weight excluding hydrogens is 392 g/mol. The van der Waals surface area contributed by atoms with Crippen molar-refractivity contribution >= 4 is 15.2 Å². The van der Waals surface area contributed by atoms with E-state index in [2.05, 4.69) is 16.4 Å². The van der Waals surface area contributed by atoms with Crippen LogP contribution in [0.15, 0.2) is 29.5 Å². The average Bonchev–Trinajstić information content (AvgIpc) is 2.95. The first-order valence-corrected chi connectivity index (χ1v) is 11.6. The van der Waals surface area contributed by atoms with Gasteiger partial charge in [-0.1, -0.05) is 50.6 Å². The maximum atomic E-state index is 11.5. The molecule has 0 aliphatic heterocycles. The van der Waals surface area contributed by atoms with Crippen LogP contribution in [0.5, 0.6) is 0 Å². The Labute approximate surface area is 159 Å². The quantitative estimate of drug-likeness (QED) is 0.392. The van der Waals surface area contributed by atoms with Gasteiger partial charge in [-0.15, -0.1) is 5.10 Å². The van der Waals surface area contributed by atoms with Crippen molar-refractivity contribution in [2.45, 2.75) is 64.8 Å². The predicted molar refractivity (Wildman–Crippen MR) is 94.4 cm³/mol. The molecule has 1 heterocycles. The summed E-state index contributed by atoms with van der Waals surface area (Å²) in [5, 5.41) is 7.52. The van der Waals surface area contributed by atoms with Crippen molar-refractivity contribution in [1.82, 2.24) is 15.0 Å². The van der Waals surface area contributed by atoms with E-state index in [1.165, 1.54) is 23.4 Å². The number of nitrogens with zero attached hydrogens (tertiary/aromatic N) is 3. The first-order chi connectivity index (χ1) is 12.3. The minimum Gasteiger partial charge on any atom is -0.810 e. The highest BCUT2D eigenvalue weighted by atomic mass is 31.2. The molecule has 1 aromatic heterocycles. The molecule has 1 rings (SSSR count). The molecule has 0 aliphatic carbocycles. The van der Waals surface area contributed by atoms with Crippen LogP contribution in [0.2, 0.25) is 0 Å². The van der Waals surface area contributed by atoms with Crippen LogP contribution in [0, 0.1) is 0 Å². The third kappa shape index (κ3) is 6.49. The molecule has 0 fully saturated rings. The maximum Gasteiger partial charge on any atom is 0.0840 e. The summed E-state index contributed by atoms with van der Waals surface area (Å²) in [6, 6.07) is 0. The molecule has 0 bridgehead atoms. The zero-order valence-electron chi connectivity index (χ0n) is 16.0. The summed E-state index contributed by atoms with van der Waals surface area (Å²) >= 11 is 0. The summed E-state index contributed by atoms with van der Waals surface area (Å²) < 4.78 is 24.5. The zero-order valence-corrected chi connectivity index (χ0v) is 17.7. The van der Waals surface area contributed by atoms with Gasteiger partial charge in [0, 0.05) is 17.5 Å². The fraction of sp³-hybridized carbons (Fsp3) is 0.625. The van der Waals surface area contributed by atoms with Crippen molar-refractivity contribution < 1.29 is 28.7 Å². The van der Waals surface area contributed by atoms with Gasteiger partial charge in [-0.05, 0) is 40.0 Å². The van der Waals surface area contributed by atoms with Crippen LogP contribution in [0.25, 0.3) is 0 Å². The molecule has 0 saturated carbocycles. The molecule has 0 saturated heterocycles. The highest BCUT2D eigenvalue weighted by Gasteiger charge is 2.37. The third-order valence-corrected chi connectivity index (χ3v) is 8.81. The molecule has 11 heteroatoms. The lowest BCUT2D eigenvalue weighted by Crippen LogP contribution is -2.47. The van der Waals surface area contributed by atoms with Gasteiger partial charge in [0.25, 0.3) is 0 Å². The number of rotatable bonds is 10. The summed E-state index contributed by atoms with van der Waals surface area (Å²) in [6.45, 7) is 7.55. The van der Waals surface area contributed by atoms with Crippen LogP contribution in [-0.2, 0) is 22.1 Å². The van der Waals surface area contributed by atoms with Gasteiger partial charge < -0.3 is 28.7 Å². The summed E-state index contributed by atoms with van der Waals surface area (Å²) in [5.74, 6) is 0. The molecule has 0 atom stereocenters. The van der Waals surface area contributed by atoms with E-state index >= 15 is 0 Å². The van der Waals surface area contributed by atoms with Gasteiger partial charge in [-0.3, -0.25) is 0 Å². The Bertz CT molecular complexity index is 764. The zero-order chi connectivity index (χ0) is 20.9. The van der Waals surface area contributed by atoms with Crippen LogP contribution >= 0.6 is 15.2 Å². The Hall–Kier alpha value is -1.08. The molecule has 0 spiro atoms. The lowest BCUT2D eigenvalue weighted by molar-refractivity contribution is -0.336. The van der Waals surface area contributed by atoms with E-state index in [0.717, 1.165) is 18.4 Å². The maximum absolute atomic E-state index is 11.5. The van der Waals surface area contributed by atoms with Crippen molar-refractivity contribution in [2.24, 2.45) is 0 Å². The van der Waals surface area contributed by atoms with E-state index in [4.69, 9.17) is 0 Å². The lowest BCUT2D eigenvalue weighted by atomic mass is 10.1. The summed E-state index contributed by atoms with van der Waals surface area (Å²) in [5.41, 5.74) is 2.33. The molecule has 0 aromatic carbocycles. The monoisotopic (exact) mass is 417 g/mol. The van der Waals surface area contributed by atoms with E-state index in [-0.39, 0.29) is 5.69 Å². The highest BCUT2D eigenvalue weighted by molar-refractivity contribution is 7.69. The van der Waals surface area contributed by atoms with Gasteiger partial charge in [-0.25, -0.2) is 4.68 Å². The predicted octanol–water partition coefficient (Wildman–Crippen LogP) is 0.447. The van der Waals surface area contributed by atoms with E-state index in [0.29, 0.717) is 6.54 Å². The topological polar surface area (TPSA) is 157 Å². The molecular formula is C16H25N3O6P2-4. The Kier molecular flexibility index (Phi) is 8.35. The molecule has 9 nitrogen and oxygen atoms in total. The second kappa shape index (κ2) is 9.41. The molecule has 0 aliphatic rings. The fourth-order valence-corrected chi connectivity index (χ4v) is 5.28. The summed E-state index contributed by atoms with van der Waals surface area (Å²) in [4.78, 5) is 43.2. The van der Waals surface area contributed by atoms with Crippen molar-refractivity contribution in [2.75, 3.05) is 0 Å². The molecule has 27 heavy (non-hydrogen) atoms. The summed E-state index contributed by atoms with van der Waals surface area (Å²) in [6.07, 6.45) is 5.73. The fourth-order valence-electron chi connectivity index (χ4n) is 2.59. The van der Waals surface area contributed by atoms with Gasteiger partial charge in [0.05, 0.1) is 12.2 Å². The van der Waals surface area contributed by atoms with Crippen LogP contribution in [0.1, 0.15) is 52.7 Å². The smallest absolute Gasteiger partial charge is 0.0840 e. The van der Waals surface area contributed by atoms with Crippen LogP contribution in [-0.4, -0.2) is 19.9 Å². The van der Waals surface area contributed by atoms with Crippen molar-refractivity contribution in [3.63, 3.8) is 0 Å². The first kappa shape index (κ1) is 24.0. The van der Waals surface area contributed by atoms with Crippen molar-refractivity contribution in [3.8, 4) is 0 Å². The van der Waals surface area contributed by atoms with Crippen LogP contribution in [0.4, 0.5) is 0 Å².